The largest absolute Gasteiger partial charge is 0.495 e. The van der Waals surface area contributed by atoms with Crippen molar-refractivity contribution in [2.45, 2.75) is 11.1 Å². The predicted molar refractivity (Wildman–Crippen MR) is 135 cm³/mol. The summed E-state index contributed by atoms with van der Waals surface area (Å²) in [5.41, 5.74) is 4.77. The highest BCUT2D eigenvalue weighted by atomic mass is 32.2. The number of rotatable bonds is 7. The maximum Gasteiger partial charge on any atom is 0.337 e. The average Bonchev–Trinajstić information content (AvgIpc) is 3.36. The Bertz CT molecular complexity index is 1440. The first-order valence-corrected chi connectivity index (χ1v) is 12.7. The molecule has 174 valence electrons. The summed E-state index contributed by atoms with van der Waals surface area (Å²) in [6, 6.07) is 24.0. The molecule has 6 nitrogen and oxygen atoms in total. The number of aryl methyl sites for hydroxylation is 1. The van der Waals surface area contributed by atoms with Gasteiger partial charge in [0.15, 0.2) is 0 Å². The van der Waals surface area contributed by atoms with E-state index in [1.54, 1.807) is 12.1 Å². The van der Waals surface area contributed by atoms with E-state index in [0.717, 1.165) is 21.6 Å². The SMILES string of the molecule is COC(=O)c1ccc(NS(=O)(=O)c2ccc(-c3cccc(-c4ccc(C)cc4)c3)s2)c(OC)c1. The zero-order chi connectivity index (χ0) is 24.3. The Hall–Kier alpha value is -3.62. The second-order valence-corrected chi connectivity index (χ2v) is 10.6. The van der Waals surface area contributed by atoms with Crippen molar-refractivity contribution in [1.82, 2.24) is 0 Å². The Morgan fingerprint density at radius 2 is 1.59 bits per heavy atom. The number of carbonyl (C=O) groups excluding carboxylic acids is 1. The van der Waals surface area contributed by atoms with Crippen LogP contribution in [0.15, 0.2) is 83.1 Å². The molecule has 0 unspecified atom stereocenters. The zero-order valence-electron chi connectivity index (χ0n) is 18.9. The van der Waals surface area contributed by atoms with Gasteiger partial charge in [-0.1, -0.05) is 48.0 Å². The van der Waals surface area contributed by atoms with Gasteiger partial charge in [0.2, 0.25) is 0 Å². The molecule has 0 aliphatic heterocycles. The van der Waals surface area contributed by atoms with Crippen LogP contribution >= 0.6 is 11.3 Å². The maximum atomic E-state index is 13.1. The summed E-state index contributed by atoms with van der Waals surface area (Å²) in [5, 5.41) is 0. The van der Waals surface area contributed by atoms with E-state index in [4.69, 9.17) is 9.47 Å². The van der Waals surface area contributed by atoms with Gasteiger partial charge in [-0.05, 0) is 60.0 Å². The van der Waals surface area contributed by atoms with Gasteiger partial charge < -0.3 is 9.47 Å². The van der Waals surface area contributed by atoms with E-state index in [2.05, 4.69) is 35.1 Å². The van der Waals surface area contributed by atoms with Crippen LogP contribution in [0.25, 0.3) is 21.6 Å². The molecule has 0 radical (unpaired) electrons. The minimum atomic E-state index is -3.87. The first kappa shape index (κ1) is 23.5. The van der Waals surface area contributed by atoms with E-state index in [0.29, 0.717) is 0 Å². The molecule has 1 N–H and O–H groups in total. The molecule has 0 aliphatic rings. The molecule has 0 aliphatic carbocycles. The Balaban J connectivity index is 1.60. The van der Waals surface area contributed by atoms with E-state index in [1.807, 2.05) is 25.1 Å². The van der Waals surface area contributed by atoms with Crippen LogP contribution in [0, 0.1) is 6.92 Å². The van der Waals surface area contributed by atoms with Gasteiger partial charge in [-0.3, -0.25) is 4.72 Å². The molecule has 4 aromatic rings. The van der Waals surface area contributed by atoms with E-state index >= 15 is 0 Å². The maximum absolute atomic E-state index is 13.1. The monoisotopic (exact) mass is 493 g/mol. The lowest BCUT2D eigenvalue weighted by Crippen LogP contribution is -2.12. The number of thiophene rings is 1. The Kier molecular flexibility index (Phi) is 6.72. The number of methoxy groups -OCH3 is 2. The lowest BCUT2D eigenvalue weighted by atomic mass is 10.0. The third kappa shape index (κ3) is 4.98. The normalized spacial score (nSPS) is 11.1. The third-order valence-corrected chi connectivity index (χ3v) is 8.24. The van der Waals surface area contributed by atoms with Crippen LogP contribution in [0.5, 0.6) is 5.75 Å². The second-order valence-electron chi connectivity index (χ2n) is 7.58. The Morgan fingerprint density at radius 1 is 0.853 bits per heavy atom. The third-order valence-electron chi connectivity index (χ3n) is 5.25. The highest BCUT2D eigenvalue weighted by Crippen LogP contribution is 2.35. The van der Waals surface area contributed by atoms with Crippen LogP contribution in [0.1, 0.15) is 15.9 Å². The molecular weight excluding hydrogens is 470 g/mol. The van der Waals surface area contributed by atoms with E-state index in [-0.39, 0.29) is 21.2 Å². The van der Waals surface area contributed by atoms with Crippen molar-refractivity contribution in [1.29, 1.82) is 0 Å². The van der Waals surface area contributed by atoms with Crippen molar-refractivity contribution in [2.24, 2.45) is 0 Å². The zero-order valence-corrected chi connectivity index (χ0v) is 20.5. The van der Waals surface area contributed by atoms with Crippen LogP contribution in [0.4, 0.5) is 5.69 Å². The summed E-state index contributed by atoms with van der Waals surface area (Å²) in [5.74, 6) is -0.322. The minimum Gasteiger partial charge on any atom is -0.495 e. The van der Waals surface area contributed by atoms with Gasteiger partial charge in [0.05, 0.1) is 25.5 Å². The summed E-state index contributed by atoms with van der Waals surface area (Å²) >= 11 is 1.18. The fourth-order valence-electron chi connectivity index (χ4n) is 3.43. The summed E-state index contributed by atoms with van der Waals surface area (Å²) in [6.45, 7) is 2.05. The minimum absolute atomic E-state index is 0.169. The Morgan fingerprint density at radius 3 is 2.29 bits per heavy atom. The van der Waals surface area contributed by atoms with Crippen LogP contribution < -0.4 is 9.46 Å². The number of esters is 1. The van der Waals surface area contributed by atoms with Gasteiger partial charge in [-0.25, -0.2) is 13.2 Å². The van der Waals surface area contributed by atoms with Gasteiger partial charge in [0.25, 0.3) is 10.0 Å². The standard InChI is InChI=1S/C26H23NO5S2/c1-17-7-9-18(10-8-17)19-5-4-6-20(15-19)24-13-14-25(33-24)34(29,30)27-22-12-11-21(26(28)32-3)16-23(22)31-2/h4-16,27H,1-3H3. The fourth-order valence-corrected chi connectivity index (χ4v) is 5.81. The molecule has 0 saturated carbocycles. The highest BCUT2D eigenvalue weighted by Gasteiger charge is 2.20. The molecular formula is C26H23NO5S2. The van der Waals surface area contributed by atoms with Crippen molar-refractivity contribution in [3.8, 4) is 27.3 Å². The van der Waals surface area contributed by atoms with Gasteiger partial charge >= 0.3 is 5.97 Å². The van der Waals surface area contributed by atoms with E-state index in [9.17, 15) is 13.2 Å². The van der Waals surface area contributed by atoms with Crippen molar-refractivity contribution in [3.63, 3.8) is 0 Å². The molecule has 4 rings (SSSR count). The molecule has 0 atom stereocenters. The van der Waals surface area contributed by atoms with Crippen molar-refractivity contribution >= 4 is 33.0 Å². The van der Waals surface area contributed by atoms with E-state index in [1.165, 1.54) is 49.3 Å². The number of carbonyl (C=O) groups is 1. The van der Waals surface area contributed by atoms with Crippen LogP contribution in [0.2, 0.25) is 0 Å². The molecule has 0 saturated heterocycles. The summed E-state index contributed by atoms with van der Waals surface area (Å²) in [4.78, 5) is 12.6. The molecule has 1 heterocycles. The molecule has 0 fully saturated rings. The molecule has 0 amide bonds. The van der Waals surface area contributed by atoms with Crippen LogP contribution in [-0.4, -0.2) is 28.6 Å². The number of sulfonamides is 1. The molecule has 1 aromatic heterocycles. The number of anilines is 1. The lowest BCUT2D eigenvalue weighted by molar-refractivity contribution is 0.0600. The second kappa shape index (κ2) is 9.70. The number of ether oxygens (including phenoxy) is 2. The van der Waals surface area contributed by atoms with Crippen LogP contribution in [-0.2, 0) is 14.8 Å². The number of nitrogens with one attached hydrogen (secondary N) is 1. The van der Waals surface area contributed by atoms with Crippen molar-refractivity contribution in [3.05, 3.63) is 90.0 Å². The number of benzene rings is 3. The molecule has 8 heteroatoms. The predicted octanol–water partition coefficient (Wildman–Crippen LogP) is 5.99. The smallest absolute Gasteiger partial charge is 0.337 e. The quantitative estimate of drug-likeness (QED) is 0.320. The van der Waals surface area contributed by atoms with Gasteiger partial charge in [0, 0.05) is 4.88 Å². The Labute approximate surface area is 202 Å². The number of hydrogen-bond donors (Lipinski definition) is 1. The van der Waals surface area contributed by atoms with E-state index < -0.39 is 16.0 Å². The summed E-state index contributed by atoms with van der Waals surface area (Å²) in [6.07, 6.45) is 0. The molecule has 0 bridgehead atoms. The van der Waals surface area contributed by atoms with Crippen LogP contribution in [0.3, 0.4) is 0 Å². The topological polar surface area (TPSA) is 81.7 Å². The highest BCUT2D eigenvalue weighted by molar-refractivity contribution is 7.94. The summed E-state index contributed by atoms with van der Waals surface area (Å²) in [7, 11) is -1.19. The van der Waals surface area contributed by atoms with Gasteiger partial charge in [0.1, 0.15) is 9.96 Å². The average molecular weight is 494 g/mol. The van der Waals surface area contributed by atoms with Gasteiger partial charge in [-0.15, -0.1) is 11.3 Å². The first-order valence-electron chi connectivity index (χ1n) is 10.4. The lowest BCUT2D eigenvalue weighted by Gasteiger charge is -2.12. The van der Waals surface area contributed by atoms with Gasteiger partial charge in [-0.2, -0.15) is 0 Å². The summed E-state index contributed by atoms with van der Waals surface area (Å²) < 4.78 is 38.8. The van der Waals surface area contributed by atoms with Crippen molar-refractivity contribution in [2.75, 3.05) is 18.9 Å². The molecule has 3 aromatic carbocycles. The molecule has 0 spiro atoms. The van der Waals surface area contributed by atoms with Crippen molar-refractivity contribution < 1.29 is 22.7 Å². The fraction of sp³-hybridized carbons (Fsp3) is 0.115. The molecule has 34 heavy (non-hydrogen) atoms. The first-order chi connectivity index (χ1) is 16.3. The number of hydrogen-bond acceptors (Lipinski definition) is 6.